The van der Waals surface area contributed by atoms with E-state index in [2.05, 4.69) is 24.3 Å². The van der Waals surface area contributed by atoms with Gasteiger partial charge < -0.3 is 4.57 Å². The van der Waals surface area contributed by atoms with E-state index in [-0.39, 0.29) is 34.1 Å². The van der Waals surface area contributed by atoms with Crippen LogP contribution < -0.4 is 0 Å². The number of rotatable bonds is 7. The Morgan fingerprint density at radius 2 is 0.873 bits per heavy atom. The maximum Gasteiger partial charge on any atom is 0.164 e. The highest BCUT2D eigenvalue weighted by atomic mass is 15.0. The lowest BCUT2D eigenvalue weighted by Gasteiger charge is -2.13. The third-order valence-electron chi connectivity index (χ3n) is 9.72. The second-order valence-electron chi connectivity index (χ2n) is 13.0. The van der Waals surface area contributed by atoms with Crippen molar-refractivity contribution in [2.75, 3.05) is 0 Å². The summed E-state index contributed by atoms with van der Waals surface area (Å²) in [7, 11) is 0. The van der Waals surface area contributed by atoms with Gasteiger partial charge in [-0.1, -0.05) is 182 Å². The minimum absolute atomic E-state index is 0.0591. The molecule has 0 unspecified atom stereocenters. The van der Waals surface area contributed by atoms with Crippen LogP contribution in [0.15, 0.2) is 206 Å². The number of aromatic nitrogens is 4. The van der Waals surface area contributed by atoms with E-state index in [1.807, 2.05) is 109 Å². The van der Waals surface area contributed by atoms with Gasteiger partial charge in [0.2, 0.25) is 0 Å². The van der Waals surface area contributed by atoms with Crippen molar-refractivity contribution in [3.05, 3.63) is 206 Å². The molecule has 2 heterocycles. The normalized spacial score (nSPS) is 13.6. The van der Waals surface area contributed by atoms with Crippen LogP contribution >= 0.6 is 0 Å². The van der Waals surface area contributed by atoms with E-state index >= 15 is 0 Å². The van der Waals surface area contributed by atoms with Gasteiger partial charge in [-0.2, -0.15) is 0 Å². The van der Waals surface area contributed by atoms with E-state index in [4.69, 9.17) is 27.3 Å². The molecule has 10 aromatic rings. The maximum absolute atomic E-state index is 9.12. The van der Waals surface area contributed by atoms with Gasteiger partial charge in [0.05, 0.1) is 23.4 Å². The van der Waals surface area contributed by atoms with E-state index in [1.54, 1.807) is 22.8 Å². The first-order chi connectivity index (χ1) is 31.0. The smallest absolute Gasteiger partial charge is 0.164 e. The number of para-hydroxylation sites is 1. The molecule has 0 atom stereocenters. The molecule has 0 fully saturated rings. The first kappa shape index (κ1) is 24.0. The molecular formula is C51H34N4. The molecule has 55 heavy (non-hydrogen) atoms. The van der Waals surface area contributed by atoms with E-state index in [1.165, 1.54) is 0 Å². The Balaban J connectivity index is 1.12. The zero-order chi connectivity index (χ0) is 44.4. The Morgan fingerprint density at radius 1 is 0.345 bits per heavy atom. The molecule has 0 amide bonds. The first-order valence-corrected chi connectivity index (χ1v) is 17.8. The molecule has 0 spiro atoms. The minimum atomic E-state index is -0.529. The highest BCUT2D eigenvalue weighted by Crippen LogP contribution is 2.39. The molecule has 4 nitrogen and oxygen atoms in total. The lowest BCUT2D eigenvalue weighted by atomic mass is 9.98. The van der Waals surface area contributed by atoms with Crippen LogP contribution in [0.4, 0.5) is 0 Å². The van der Waals surface area contributed by atoms with Gasteiger partial charge in [0.1, 0.15) is 0 Å². The van der Waals surface area contributed by atoms with Gasteiger partial charge >= 0.3 is 0 Å². The van der Waals surface area contributed by atoms with Crippen molar-refractivity contribution in [3.8, 4) is 73.2 Å². The van der Waals surface area contributed by atoms with Gasteiger partial charge in [-0.3, -0.25) is 0 Å². The van der Waals surface area contributed by atoms with Crippen molar-refractivity contribution in [2.45, 2.75) is 0 Å². The highest BCUT2D eigenvalue weighted by Gasteiger charge is 2.18. The third-order valence-corrected chi connectivity index (χ3v) is 9.72. The fourth-order valence-corrected chi connectivity index (χ4v) is 7.13. The molecule has 10 rings (SSSR count). The Kier molecular flexibility index (Phi) is 6.04. The highest BCUT2D eigenvalue weighted by molar-refractivity contribution is 6.15. The van der Waals surface area contributed by atoms with E-state index in [9.17, 15) is 0 Å². The van der Waals surface area contributed by atoms with Gasteiger partial charge in [-0.25, -0.2) is 15.0 Å². The standard InChI is InChI=1S/C51H34N4/c1-4-15-35(16-5-1)36-27-29-40(30-28-36)50-52-49(39-19-8-3-9-20-39)53-51(54-50)44-22-11-10-21-42(44)38-31-33-41(34-32-38)55-46-25-13-12-23-45(46)48-43(24-14-26-47(48)55)37-17-6-2-7-18-37/h1-34H/i2D,6D,7D,12D,13D,17D,18D,23D,25D. The van der Waals surface area contributed by atoms with Crippen molar-refractivity contribution in [3.63, 3.8) is 0 Å². The summed E-state index contributed by atoms with van der Waals surface area (Å²) in [6.07, 6.45) is 0. The summed E-state index contributed by atoms with van der Waals surface area (Å²) in [6, 6.07) is 44.8. The topological polar surface area (TPSA) is 43.6 Å². The molecule has 8 aromatic carbocycles. The van der Waals surface area contributed by atoms with Crippen molar-refractivity contribution < 1.29 is 12.3 Å². The van der Waals surface area contributed by atoms with E-state index in [0.717, 1.165) is 38.9 Å². The molecule has 0 radical (unpaired) electrons. The number of fused-ring (bicyclic) bond motifs is 3. The summed E-state index contributed by atoms with van der Waals surface area (Å²) >= 11 is 0. The largest absolute Gasteiger partial charge is 0.309 e. The van der Waals surface area contributed by atoms with Gasteiger partial charge in [0.15, 0.2) is 17.5 Å². The average molecular weight is 712 g/mol. The van der Waals surface area contributed by atoms with Crippen molar-refractivity contribution >= 4 is 21.8 Å². The summed E-state index contributed by atoms with van der Waals surface area (Å²) in [6.45, 7) is 0. The lowest BCUT2D eigenvalue weighted by Crippen LogP contribution is -2.01. The Labute approximate surface area is 332 Å². The van der Waals surface area contributed by atoms with Crippen LogP contribution in [0.5, 0.6) is 0 Å². The summed E-state index contributed by atoms with van der Waals surface area (Å²) in [4.78, 5) is 15.0. The SMILES string of the molecule is [2H]c1c([2H])c([2H])c(-c2cccc3c2c2c([2H])c([2H])c([2H])c([2H])c2n3-c2ccc(-c3ccccc3-c3nc(-c4ccccc4)nc(-c4ccc(-c5ccccc5)cc4)n3)cc2)c([2H])c1[2H]. The molecule has 0 saturated heterocycles. The van der Waals surface area contributed by atoms with Gasteiger partial charge in [-0.15, -0.1) is 0 Å². The molecule has 0 saturated carbocycles. The minimum Gasteiger partial charge on any atom is -0.309 e. The number of hydrogen-bond donors (Lipinski definition) is 0. The summed E-state index contributed by atoms with van der Waals surface area (Å²) in [5.74, 6) is 1.53. The van der Waals surface area contributed by atoms with Gasteiger partial charge in [0.25, 0.3) is 0 Å². The zero-order valence-corrected chi connectivity index (χ0v) is 29.2. The van der Waals surface area contributed by atoms with Gasteiger partial charge in [-0.05, 0) is 57.6 Å². The van der Waals surface area contributed by atoms with Crippen LogP contribution in [-0.4, -0.2) is 19.5 Å². The summed E-state index contributed by atoms with van der Waals surface area (Å²) < 4.78 is 79.7. The van der Waals surface area contributed by atoms with Crippen LogP contribution in [0.1, 0.15) is 12.3 Å². The second kappa shape index (κ2) is 13.8. The average Bonchev–Trinajstić information content (AvgIpc) is 3.70. The lowest BCUT2D eigenvalue weighted by molar-refractivity contribution is 1.07. The molecule has 0 N–H and O–H groups in total. The quantitative estimate of drug-likeness (QED) is 0.165. The van der Waals surface area contributed by atoms with E-state index < -0.39 is 42.3 Å². The second-order valence-corrected chi connectivity index (χ2v) is 13.0. The Morgan fingerprint density at radius 3 is 1.60 bits per heavy atom. The Hall–Kier alpha value is -7.43. The third kappa shape index (κ3) is 5.96. The van der Waals surface area contributed by atoms with Gasteiger partial charge in [0, 0.05) is 33.2 Å². The number of nitrogens with zero attached hydrogens (tertiary/aromatic N) is 4. The molecule has 258 valence electrons. The first-order valence-electron chi connectivity index (χ1n) is 22.3. The summed E-state index contributed by atoms with van der Waals surface area (Å²) in [5, 5.41) is 0.513. The molecule has 0 aliphatic heterocycles. The predicted molar refractivity (Wildman–Crippen MR) is 227 cm³/mol. The van der Waals surface area contributed by atoms with Crippen molar-refractivity contribution in [1.82, 2.24) is 19.5 Å². The molecule has 4 heteroatoms. The monoisotopic (exact) mass is 711 g/mol. The number of benzene rings is 8. The zero-order valence-electron chi connectivity index (χ0n) is 38.2. The van der Waals surface area contributed by atoms with Crippen LogP contribution in [0.2, 0.25) is 0 Å². The molecular weight excluding hydrogens is 669 g/mol. The van der Waals surface area contributed by atoms with Crippen LogP contribution in [-0.2, 0) is 0 Å². The molecule has 0 bridgehead atoms. The van der Waals surface area contributed by atoms with Crippen LogP contribution in [0, 0.1) is 0 Å². The van der Waals surface area contributed by atoms with Crippen molar-refractivity contribution in [2.24, 2.45) is 0 Å². The van der Waals surface area contributed by atoms with Crippen LogP contribution in [0.25, 0.3) is 95.0 Å². The van der Waals surface area contributed by atoms with E-state index in [0.29, 0.717) is 34.1 Å². The molecule has 0 aliphatic carbocycles. The fourth-order valence-electron chi connectivity index (χ4n) is 7.13. The number of hydrogen-bond acceptors (Lipinski definition) is 3. The van der Waals surface area contributed by atoms with Crippen LogP contribution in [0.3, 0.4) is 0 Å². The fraction of sp³-hybridized carbons (Fsp3) is 0. The molecule has 0 aliphatic rings. The molecule has 2 aromatic heterocycles. The van der Waals surface area contributed by atoms with Crippen molar-refractivity contribution in [1.29, 1.82) is 0 Å². The maximum atomic E-state index is 9.12. The predicted octanol–water partition coefficient (Wildman–Crippen LogP) is 13.0. The Bertz CT molecular complexity index is 3440. The summed E-state index contributed by atoms with van der Waals surface area (Å²) in [5.41, 5.74) is 7.75.